The van der Waals surface area contributed by atoms with Crippen molar-refractivity contribution in [3.05, 3.63) is 52.1 Å². The quantitative estimate of drug-likeness (QED) is 0.641. The number of nitrogens with one attached hydrogen (secondary N) is 1. The molecule has 0 aliphatic carbocycles. The van der Waals surface area contributed by atoms with Gasteiger partial charge in [-0.15, -0.1) is 11.3 Å². The molecule has 142 valence electrons. The third kappa shape index (κ3) is 4.74. The van der Waals surface area contributed by atoms with Crippen molar-refractivity contribution in [1.82, 2.24) is 15.5 Å². The normalized spacial score (nSPS) is 12.2. The Morgan fingerprint density at radius 1 is 1.33 bits per heavy atom. The number of carbonyl (C=O) groups excluding carboxylic acids is 1. The summed E-state index contributed by atoms with van der Waals surface area (Å²) in [5, 5.41) is 9.88. The summed E-state index contributed by atoms with van der Waals surface area (Å²) in [6, 6.07) is 8.92. The number of thiazole rings is 1. The number of hydrogen-bond acceptors (Lipinski definition) is 6. The number of hydrogen-bond donors (Lipinski definition) is 1. The molecule has 3 aromatic rings. The van der Waals surface area contributed by atoms with Crippen molar-refractivity contribution < 1.29 is 14.1 Å². The minimum absolute atomic E-state index is 0.145. The Balaban J connectivity index is 1.77. The van der Waals surface area contributed by atoms with E-state index in [-0.39, 0.29) is 17.6 Å². The van der Waals surface area contributed by atoms with Gasteiger partial charge in [0.05, 0.1) is 13.2 Å². The zero-order valence-corrected chi connectivity index (χ0v) is 16.7. The first-order valence-corrected chi connectivity index (χ1v) is 9.68. The van der Waals surface area contributed by atoms with Crippen LogP contribution >= 0.6 is 11.3 Å². The van der Waals surface area contributed by atoms with Gasteiger partial charge < -0.3 is 14.6 Å². The van der Waals surface area contributed by atoms with Crippen LogP contribution in [0.3, 0.4) is 0 Å². The molecule has 7 heteroatoms. The molecule has 0 bridgehead atoms. The van der Waals surface area contributed by atoms with E-state index in [0.717, 1.165) is 22.7 Å². The maximum atomic E-state index is 12.7. The van der Waals surface area contributed by atoms with Gasteiger partial charge >= 0.3 is 0 Å². The lowest BCUT2D eigenvalue weighted by atomic mass is 10.0. The van der Waals surface area contributed by atoms with Gasteiger partial charge in [0.15, 0.2) is 11.5 Å². The van der Waals surface area contributed by atoms with Gasteiger partial charge in [-0.3, -0.25) is 4.79 Å². The van der Waals surface area contributed by atoms with E-state index in [0.29, 0.717) is 17.4 Å². The minimum Gasteiger partial charge on any atom is -0.497 e. The largest absolute Gasteiger partial charge is 0.497 e. The van der Waals surface area contributed by atoms with E-state index >= 15 is 0 Å². The number of methoxy groups -OCH3 is 1. The molecule has 0 aliphatic heterocycles. The van der Waals surface area contributed by atoms with Crippen molar-refractivity contribution in [3.63, 3.8) is 0 Å². The Kier molecular flexibility index (Phi) is 5.91. The Hall–Kier alpha value is -2.67. The smallest absolute Gasteiger partial charge is 0.274 e. The summed E-state index contributed by atoms with van der Waals surface area (Å²) in [5.74, 6) is 1.38. The van der Waals surface area contributed by atoms with Gasteiger partial charge in [-0.2, -0.15) is 0 Å². The molecule has 1 amide bonds. The van der Waals surface area contributed by atoms with E-state index in [4.69, 9.17) is 9.26 Å². The molecule has 6 nitrogen and oxygen atoms in total. The fourth-order valence-corrected chi connectivity index (χ4v) is 3.61. The molecule has 1 N–H and O–H groups in total. The highest BCUT2D eigenvalue weighted by Crippen LogP contribution is 2.27. The molecule has 1 unspecified atom stereocenters. The van der Waals surface area contributed by atoms with Gasteiger partial charge in [-0.05, 0) is 31.4 Å². The highest BCUT2D eigenvalue weighted by Gasteiger charge is 2.22. The fraction of sp³-hybridized carbons (Fsp3) is 0.350. The lowest BCUT2D eigenvalue weighted by Gasteiger charge is -2.17. The minimum atomic E-state index is -0.272. The van der Waals surface area contributed by atoms with Crippen molar-refractivity contribution in [2.75, 3.05) is 7.11 Å². The van der Waals surface area contributed by atoms with E-state index in [9.17, 15) is 4.79 Å². The van der Waals surface area contributed by atoms with Gasteiger partial charge in [-0.25, -0.2) is 4.98 Å². The van der Waals surface area contributed by atoms with Crippen LogP contribution in [0, 0.1) is 12.8 Å². The Morgan fingerprint density at radius 2 is 2.15 bits per heavy atom. The maximum absolute atomic E-state index is 12.7. The van der Waals surface area contributed by atoms with Crippen molar-refractivity contribution >= 4 is 17.2 Å². The summed E-state index contributed by atoms with van der Waals surface area (Å²) in [6.45, 7) is 6.19. The third-order valence-corrected chi connectivity index (χ3v) is 5.12. The standard InChI is InChI=1S/C20H23N3O3S/c1-12(2)8-17(20-21-13(3)11-27-20)22-19(24)16-10-18(26-23-16)14-6-5-7-15(9-14)25-4/h5-7,9-12,17H,8H2,1-4H3,(H,22,24). The van der Waals surface area contributed by atoms with Crippen LogP contribution in [0.25, 0.3) is 11.3 Å². The molecule has 27 heavy (non-hydrogen) atoms. The van der Waals surface area contributed by atoms with E-state index in [2.05, 4.69) is 29.3 Å². The topological polar surface area (TPSA) is 77.2 Å². The molecule has 0 saturated carbocycles. The van der Waals surface area contributed by atoms with Crippen LogP contribution in [0.1, 0.15) is 47.5 Å². The zero-order valence-electron chi connectivity index (χ0n) is 15.9. The molecule has 1 aromatic carbocycles. The number of amides is 1. The summed E-state index contributed by atoms with van der Waals surface area (Å²) >= 11 is 1.56. The van der Waals surface area contributed by atoms with E-state index in [1.54, 1.807) is 24.5 Å². The first-order chi connectivity index (χ1) is 13.0. The zero-order chi connectivity index (χ0) is 19.4. The van der Waals surface area contributed by atoms with Gasteiger partial charge in [0, 0.05) is 22.7 Å². The summed E-state index contributed by atoms with van der Waals surface area (Å²) in [5.41, 5.74) is 2.00. The van der Waals surface area contributed by atoms with Crippen molar-refractivity contribution in [2.24, 2.45) is 5.92 Å². The maximum Gasteiger partial charge on any atom is 0.274 e. The number of aryl methyl sites for hydroxylation is 1. The molecule has 2 aromatic heterocycles. The van der Waals surface area contributed by atoms with E-state index < -0.39 is 0 Å². The molecule has 2 heterocycles. The van der Waals surface area contributed by atoms with Crippen LogP contribution < -0.4 is 10.1 Å². The monoisotopic (exact) mass is 385 g/mol. The second-order valence-corrected chi connectivity index (χ2v) is 7.68. The highest BCUT2D eigenvalue weighted by molar-refractivity contribution is 7.09. The SMILES string of the molecule is COc1cccc(-c2cc(C(=O)NC(CC(C)C)c3nc(C)cs3)no2)c1. The van der Waals surface area contributed by atoms with Crippen LogP contribution in [-0.4, -0.2) is 23.2 Å². The predicted octanol–water partition coefficient (Wildman–Crippen LogP) is 4.63. The van der Waals surface area contributed by atoms with E-state index in [1.165, 1.54) is 0 Å². The summed E-state index contributed by atoms with van der Waals surface area (Å²) in [4.78, 5) is 17.2. The van der Waals surface area contributed by atoms with Gasteiger partial charge in [0.25, 0.3) is 5.91 Å². The fourth-order valence-electron chi connectivity index (χ4n) is 2.75. The van der Waals surface area contributed by atoms with Crippen molar-refractivity contribution in [3.8, 4) is 17.1 Å². The Labute approximate surface area is 162 Å². The van der Waals surface area contributed by atoms with Gasteiger partial charge in [0.1, 0.15) is 10.8 Å². The molecule has 3 rings (SSSR count). The lowest BCUT2D eigenvalue weighted by Crippen LogP contribution is -2.29. The summed E-state index contributed by atoms with van der Waals surface area (Å²) in [6.07, 6.45) is 0.805. The molecular formula is C20H23N3O3S. The molecule has 1 atom stereocenters. The molecule has 0 spiro atoms. The predicted molar refractivity (Wildman–Crippen MR) is 105 cm³/mol. The lowest BCUT2D eigenvalue weighted by molar-refractivity contribution is 0.0922. The van der Waals surface area contributed by atoms with Crippen LogP contribution in [-0.2, 0) is 0 Å². The Morgan fingerprint density at radius 3 is 2.81 bits per heavy atom. The first-order valence-electron chi connectivity index (χ1n) is 8.80. The molecule has 0 fully saturated rings. The number of carbonyl (C=O) groups is 1. The molecule has 0 saturated heterocycles. The van der Waals surface area contributed by atoms with Gasteiger partial charge in [-0.1, -0.05) is 31.1 Å². The van der Waals surface area contributed by atoms with E-state index in [1.807, 2.05) is 36.6 Å². The highest BCUT2D eigenvalue weighted by atomic mass is 32.1. The van der Waals surface area contributed by atoms with Gasteiger partial charge in [0.2, 0.25) is 0 Å². The number of nitrogens with zero attached hydrogens (tertiary/aromatic N) is 2. The molecule has 0 radical (unpaired) electrons. The average molecular weight is 385 g/mol. The van der Waals surface area contributed by atoms with Crippen LogP contribution in [0.2, 0.25) is 0 Å². The molecular weight excluding hydrogens is 362 g/mol. The van der Waals surface area contributed by atoms with Crippen LogP contribution in [0.15, 0.2) is 40.2 Å². The number of benzene rings is 1. The average Bonchev–Trinajstić information content (AvgIpc) is 3.30. The van der Waals surface area contributed by atoms with Crippen LogP contribution in [0.4, 0.5) is 0 Å². The van der Waals surface area contributed by atoms with Crippen molar-refractivity contribution in [2.45, 2.75) is 33.2 Å². The Bertz CT molecular complexity index is 917. The second-order valence-electron chi connectivity index (χ2n) is 6.79. The van der Waals surface area contributed by atoms with Crippen molar-refractivity contribution in [1.29, 1.82) is 0 Å². The summed E-state index contributed by atoms with van der Waals surface area (Å²) in [7, 11) is 1.60. The number of ether oxygens (including phenoxy) is 1. The first kappa shape index (κ1) is 19.1. The molecule has 0 aliphatic rings. The third-order valence-electron chi connectivity index (χ3n) is 4.04. The number of rotatable bonds is 7. The summed E-state index contributed by atoms with van der Waals surface area (Å²) < 4.78 is 10.6. The second kappa shape index (κ2) is 8.35. The van der Waals surface area contributed by atoms with Crippen LogP contribution in [0.5, 0.6) is 5.75 Å². The number of aromatic nitrogens is 2.